The smallest absolute Gasteiger partial charge is 0.314 e. The first kappa shape index (κ1) is 18.5. The third kappa shape index (κ3) is 5.06. The molecular weight excluding hydrogens is 356 g/mol. The van der Waals surface area contributed by atoms with Gasteiger partial charge in [0.1, 0.15) is 0 Å². The third-order valence-corrected chi connectivity index (χ3v) is 3.74. The molecule has 2 N–H and O–H groups in total. The van der Waals surface area contributed by atoms with E-state index in [1.165, 1.54) is 11.3 Å². The molecule has 0 aromatic carbocycles. The summed E-state index contributed by atoms with van der Waals surface area (Å²) in [4.78, 5) is 62.6. The van der Waals surface area contributed by atoms with Crippen LogP contribution in [-0.4, -0.2) is 50.0 Å². The van der Waals surface area contributed by atoms with Gasteiger partial charge in [0.05, 0.1) is 17.7 Å². The highest BCUT2D eigenvalue weighted by atomic mass is 32.1. The van der Waals surface area contributed by atoms with E-state index in [1.807, 2.05) is 0 Å². The second-order valence-electron chi connectivity index (χ2n) is 4.89. The molecule has 3 heterocycles. The summed E-state index contributed by atoms with van der Waals surface area (Å²) in [6.45, 7) is 0.193. The number of carbonyl (C=O) groups is 5. The van der Waals surface area contributed by atoms with E-state index in [1.54, 1.807) is 10.9 Å². The van der Waals surface area contributed by atoms with Gasteiger partial charge in [-0.3, -0.25) is 24.4 Å². The highest BCUT2D eigenvalue weighted by Gasteiger charge is 2.32. The molecule has 3 rings (SSSR count). The van der Waals surface area contributed by atoms with E-state index in [9.17, 15) is 24.0 Å². The second kappa shape index (κ2) is 8.30. The molecule has 0 saturated carbocycles. The number of hydrogen-bond acceptors (Lipinski definition) is 9. The van der Waals surface area contributed by atoms with Gasteiger partial charge in [0.2, 0.25) is 0 Å². The summed E-state index contributed by atoms with van der Waals surface area (Å²) in [6, 6.07) is 0. The lowest BCUT2D eigenvalue weighted by molar-refractivity contribution is -0.172. The van der Waals surface area contributed by atoms with Crippen molar-refractivity contribution in [1.29, 1.82) is 0 Å². The molecule has 0 bridgehead atoms. The lowest BCUT2D eigenvalue weighted by Gasteiger charge is -2.12. The maximum absolute atomic E-state index is 11.3. The van der Waals surface area contributed by atoms with Crippen LogP contribution in [-0.2, 0) is 30.6 Å². The first-order chi connectivity index (χ1) is 11.9. The SMILES string of the molecule is O=C(NCc1cscn1)ON1C(=O)CCC1=O.O=C1CCC(=O)N1O. The third-order valence-electron chi connectivity index (χ3n) is 3.10. The maximum Gasteiger partial charge on any atom is 0.432 e. The Balaban J connectivity index is 0.000000236. The summed E-state index contributed by atoms with van der Waals surface area (Å²) in [6.07, 6.45) is -0.386. The van der Waals surface area contributed by atoms with Gasteiger partial charge >= 0.3 is 6.09 Å². The van der Waals surface area contributed by atoms with Crippen LogP contribution < -0.4 is 5.32 Å². The molecule has 2 fully saturated rings. The summed E-state index contributed by atoms with van der Waals surface area (Å²) in [5.74, 6) is -2.01. The summed E-state index contributed by atoms with van der Waals surface area (Å²) in [5.41, 5.74) is 2.32. The zero-order chi connectivity index (χ0) is 18.4. The molecule has 0 radical (unpaired) electrons. The van der Waals surface area contributed by atoms with Gasteiger partial charge in [-0.05, 0) is 0 Å². The van der Waals surface area contributed by atoms with E-state index < -0.39 is 29.7 Å². The van der Waals surface area contributed by atoms with Gasteiger partial charge in [0, 0.05) is 31.1 Å². The molecule has 2 aliphatic heterocycles. The largest absolute Gasteiger partial charge is 0.432 e. The second-order valence-corrected chi connectivity index (χ2v) is 5.61. The van der Waals surface area contributed by atoms with E-state index in [2.05, 4.69) is 15.1 Å². The van der Waals surface area contributed by atoms with Gasteiger partial charge in [0.15, 0.2) is 0 Å². The van der Waals surface area contributed by atoms with Crippen LogP contribution in [0.4, 0.5) is 4.79 Å². The van der Waals surface area contributed by atoms with E-state index in [-0.39, 0.29) is 37.3 Å². The van der Waals surface area contributed by atoms with Crippen LogP contribution in [0.25, 0.3) is 0 Å². The quantitative estimate of drug-likeness (QED) is 0.556. The number of hydrogen-bond donors (Lipinski definition) is 2. The van der Waals surface area contributed by atoms with E-state index >= 15 is 0 Å². The number of nitrogens with one attached hydrogen (secondary N) is 1. The zero-order valence-electron chi connectivity index (χ0n) is 12.8. The summed E-state index contributed by atoms with van der Waals surface area (Å²) >= 11 is 1.40. The Labute approximate surface area is 145 Å². The Bertz CT molecular complexity index is 659. The number of carbonyl (C=O) groups excluding carboxylic acids is 5. The molecule has 1 aromatic heterocycles. The number of rotatable bonds is 3. The Kier molecular flexibility index (Phi) is 6.14. The lowest BCUT2D eigenvalue weighted by atomic mass is 10.4. The summed E-state index contributed by atoms with van der Waals surface area (Å²) in [5, 5.41) is 13.2. The Morgan fingerprint density at radius 2 is 1.68 bits per heavy atom. The minimum Gasteiger partial charge on any atom is -0.314 e. The number of hydroxylamine groups is 4. The zero-order valence-corrected chi connectivity index (χ0v) is 13.7. The number of amides is 5. The molecule has 5 amide bonds. The minimum atomic E-state index is -0.846. The molecule has 0 atom stereocenters. The molecular formula is C13H14N4O7S. The maximum atomic E-state index is 11.3. The monoisotopic (exact) mass is 370 g/mol. The van der Waals surface area contributed by atoms with Crippen LogP contribution in [0.1, 0.15) is 31.4 Å². The van der Waals surface area contributed by atoms with Crippen molar-refractivity contribution in [3.05, 3.63) is 16.6 Å². The van der Waals surface area contributed by atoms with Gasteiger partial charge < -0.3 is 10.2 Å². The number of nitrogens with zero attached hydrogens (tertiary/aromatic N) is 3. The molecule has 2 aliphatic rings. The standard InChI is InChI=1S/C9H9N3O4S.C4H5NO3/c13-7-1-2-8(14)12(7)16-9(15)10-3-6-4-17-5-11-6;6-3-1-2-4(7)5(3)8/h4-5H,1-3H2,(H,10,15);8H,1-2H2. The average Bonchev–Trinajstić information content (AvgIpc) is 3.29. The predicted octanol–water partition coefficient (Wildman–Crippen LogP) is -0.0421. The topological polar surface area (TPSA) is 146 Å². The molecule has 0 unspecified atom stereocenters. The number of aromatic nitrogens is 1. The van der Waals surface area contributed by atoms with Crippen molar-refractivity contribution in [2.75, 3.05) is 0 Å². The fraction of sp³-hybridized carbons (Fsp3) is 0.385. The number of thiazole rings is 1. The Morgan fingerprint density at radius 3 is 2.12 bits per heavy atom. The molecule has 2 saturated heterocycles. The fourth-order valence-electron chi connectivity index (χ4n) is 1.83. The van der Waals surface area contributed by atoms with Gasteiger partial charge in [0.25, 0.3) is 23.6 Å². The van der Waals surface area contributed by atoms with Gasteiger partial charge in [-0.2, -0.15) is 5.06 Å². The van der Waals surface area contributed by atoms with Crippen molar-refractivity contribution in [1.82, 2.24) is 20.4 Å². The predicted molar refractivity (Wildman–Crippen MR) is 79.4 cm³/mol. The Hall–Kier alpha value is -2.86. The molecule has 0 aliphatic carbocycles. The van der Waals surface area contributed by atoms with Gasteiger partial charge in [-0.25, -0.2) is 9.78 Å². The van der Waals surface area contributed by atoms with Crippen LogP contribution >= 0.6 is 11.3 Å². The van der Waals surface area contributed by atoms with Crippen molar-refractivity contribution < 1.29 is 34.0 Å². The van der Waals surface area contributed by atoms with E-state index in [4.69, 9.17) is 5.21 Å². The van der Waals surface area contributed by atoms with Crippen LogP contribution in [0.15, 0.2) is 10.9 Å². The van der Waals surface area contributed by atoms with Crippen molar-refractivity contribution in [3.63, 3.8) is 0 Å². The average molecular weight is 370 g/mol. The van der Waals surface area contributed by atoms with Crippen molar-refractivity contribution >= 4 is 41.1 Å². The van der Waals surface area contributed by atoms with Gasteiger partial charge in [-0.1, -0.05) is 0 Å². The summed E-state index contributed by atoms with van der Waals surface area (Å²) < 4.78 is 0. The van der Waals surface area contributed by atoms with Crippen LogP contribution in [0.5, 0.6) is 0 Å². The van der Waals surface area contributed by atoms with Crippen molar-refractivity contribution in [2.45, 2.75) is 32.2 Å². The molecule has 0 spiro atoms. The minimum absolute atomic E-state index is 0.0815. The Morgan fingerprint density at radius 1 is 1.12 bits per heavy atom. The first-order valence-electron chi connectivity index (χ1n) is 7.11. The molecule has 11 nitrogen and oxygen atoms in total. The normalized spacial score (nSPS) is 16.8. The van der Waals surface area contributed by atoms with Crippen LogP contribution in [0.3, 0.4) is 0 Å². The molecule has 25 heavy (non-hydrogen) atoms. The van der Waals surface area contributed by atoms with Crippen LogP contribution in [0.2, 0.25) is 0 Å². The van der Waals surface area contributed by atoms with Crippen molar-refractivity contribution in [3.8, 4) is 0 Å². The van der Waals surface area contributed by atoms with Crippen LogP contribution in [0, 0.1) is 0 Å². The van der Waals surface area contributed by atoms with E-state index in [0.29, 0.717) is 10.8 Å². The number of imide groups is 2. The van der Waals surface area contributed by atoms with Crippen molar-refractivity contribution in [2.24, 2.45) is 0 Å². The first-order valence-corrected chi connectivity index (χ1v) is 8.06. The highest BCUT2D eigenvalue weighted by molar-refractivity contribution is 7.07. The lowest BCUT2D eigenvalue weighted by Crippen LogP contribution is -2.36. The molecule has 1 aromatic rings. The van der Waals surface area contributed by atoms with E-state index in [0.717, 1.165) is 0 Å². The summed E-state index contributed by atoms with van der Waals surface area (Å²) in [7, 11) is 0. The fourth-order valence-corrected chi connectivity index (χ4v) is 2.38. The highest BCUT2D eigenvalue weighted by Crippen LogP contribution is 2.12. The van der Waals surface area contributed by atoms with Gasteiger partial charge in [-0.15, -0.1) is 16.4 Å². The molecule has 134 valence electrons. The molecule has 12 heteroatoms.